The number of hydrogen-bond acceptors (Lipinski definition) is 5. The van der Waals surface area contributed by atoms with Gasteiger partial charge in [-0.1, -0.05) is 11.2 Å². The van der Waals surface area contributed by atoms with Crippen molar-refractivity contribution in [3.63, 3.8) is 0 Å². The summed E-state index contributed by atoms with van der Waals surface area (Å²) in [6.07, 6.45) is 2.85. The van der Waals surface area contributed by atoms with E-state index in [0.29, 0.717) is 35.4 Å². The Morgan fingerprint density at radius 3 is 2.35 bits per heavy atom. The van der Waals surface area contributed by atoms with Crippen molar-refractivity contribution in [2.24, 2.45) is 0 Å². The van der Waals surface area contributed by atoms with Crippen LogP contribution in [-0.4, -0.2) is 45.4 Å². The van der Waals surface area contributed by atoms with Gasteiger partial charge in [0.1, 0.15) is 22.7 Å². The number of carbonyl (C=O) groups is 3. The average molecular weight is 471 g/mol. The summed E-state index contributed by atoms with van der Waals surface area (Å²) in [6, 6.07) is 3.99. The first-order valence-electron chi connectivity index (χ1n) is 11.7. The van der Waals surface area contributed by atoms with Gasteiger partial charge in [-0.2, -0.15) is 0 Å². The normalized spacial score (nSPS) is 21.8. The molecule has 34 heavy (non-hydrogen) atoms. The largest absolute Gasteiger partial charge is 0.361 e. The van der Waals surface area contributed by atoms with Crippen LogP contribution in [0.25, 0.3) is 0 Å². The topological polar surface area (TPSA) is 105 Å². The van der Waals surface area contributed by atoms with Crippen LogP contribution in [0.3, 0.4) is 0 Å². The highest BCUT2D eigenvalue weighted by Crippen LogP contribution is 2.37. The standard InChI is InChI=1S/C25H31FN4O4/c1-13-6-7-14(2)30(13)23(32)18-8-9-19(20(26)12-18)15(3)27-24(33)25(10-11-25)28-22(31)21-16(4)29-34-17(21)5/h8-9,12-15H,6-7,10-11H2,1-5H3,(H,27,33)(H,28,31)/t13?,14?,15-/m1/s1. The summed E-state index contributed by atoms with van der Waals surface area (Å²) in [7, 11) is 0. The van der Waals surface area contributed by atoms with Gasteiger partial charge in [0.05, 0.1) is 11.7 Å². The van der Waals surface area contributed by atoms with E-state index in [0.717, 1.165) is 12.8 Å². The predicted molar refractivity (Wildman–Crippen MR) is 123 cm³/mol. The minimum atomic E-state index is -1.03. The Kier molecular flexibility index (Phi) is 6.22. The van der Waals surface area contributed by atoms with E-state index in [2.05, 4.69) is 15.8 Å². The zero-order chi connectivity index (χ0) is 24.8. The number of benzene rings is 1. The van der Waals surface area contributed by atoms with Crippen LogP contribution in [0.4, 0.5) is 4.39 Å². The molecule has 0 radical (unpaired) electrons. The maximum Gasteiger partial charge on any atom is 0.257 e. The number of amides is 3. The molecule has 2 N–H and O–H groups in total. The fourth-order valence-electron chi connectivity index (χ4n) is 4.79. The van der Waals surface area contributed by atoms with Gasteiger partial charge in [0.25, 0.3) is 11.8 Å². The molecular formula is C25H31FN4O4. The number of nitrogens with zero attached hydrogens (tertiary/aromatic N) is 2. The molecule has 8 nitrogen and oxygen atoms in total. The Hall–Kier alpha value is -3.23. The predicted octanol–water partition coefficient (Wildman–Crippen LogP) is 3.58. The first-order valence-corrected chi connectivity index (χ1v) is 11.7. The summed E-state index contributed by atoms with van der Waals surface area (Å²) in [6.45, 7) is 8.98. The third-order valence-corrected chi connectivity index (χ3v) is 7.05. The van der Waals surface area contributed by atoms with Crippen molar-refractivity contribution in [3.8, 4) is 0 Å². The summed E-state index contributed by atoms with van der Waals surface area (Å²) in [4.78, 5) is 40.4. The molecule has 0 bridgehead atoms. The minimum absolute atomic E-state index is 0.124. The van der Waals surface area contributed by atoms with Crippen molar-refractivity contribution in [1.82, 2.24) is 20.7 Å². The number of likely N-dealkylation sites (tertiary alicyclic amines) is 1. The Morgan fingerprint density at radius 1 is 1.18 bits per heavy atom. The van der Waals surface area contributed by atoms with E-state index < -0.39 is 23.3 Å². The van der Waals surface area contributed by atoms with E-state index in [4.69, 9.17) is 4.52 Å². The number of halogens is 1. The highest BCUT2D eigenvalue weighted by Gasteiger charge is 2.52. The van der Waals surface area contributed by atoms with Crippen LogP contribution in [0.2, 0.25) is 0 Å². The smallest absolute Gasteiger partial charge is 0.257 e. The molecular weight excluding hydrogens is 439 g/mol. The lowest BCUT2D eigenvalue weighted by Gasteiger charge is -2.26. The molecule has 9 heteroatoms. The zero-order valence-corrected chi connectivity index (χ0v) is 20.2. The molecule has 1 saturated carbocycles. The van der Waals surface area contributed by atoms with Crippen molar-refractivity contribution in [2.45, 2.75) is 84.0 Å². The molecule has 1 saturated heterocycles. The molecule has 1 aliphatic carbocycles. The molecule has 182 valence electrons. The Bertz CT molecular complexity index is 1110. The SMILES string of the molecule is Cc1noc(C)c1C(=O)NC1(C(=O)N[C@H](C)c2ccc(C(=O)N3C(C)CCC3C)cc2F)CC1. The second-order valence-corrected chi connectivity index (χ2v) is 9.65. The second-order valence-electron chi connectivity index (χ2n) is 9.65. The molecule has 3 amide bonds. The van der Waals surface area contributed by atoms with Crippen molar-refractivity contribution in [2.75, 3.05) is 0 Å². The van der Waals surface area contributed by atoms with E-state index >= 15 is 0 Å². The lowest BCUT2D eigenvalue weighted by molar-refractivity contribution is -0.124. The molecule has 2 unspecified atom stereocenters. The van der Waals surface area contributed by atoms with Crippen LogP contribution in [0.15, 0.2) is 22.7 Å². The Morgan fingerprint density at radius 2 is 1.82 bits per heavy atom. The van der Waals surface area contributed by atoms with Gasteiger partial charge in [-0.25, -0.2) is 4.39 Å². The average Bonchev–Trinajstić information content (AvgIpc) is 3.37. The first kappa shape index (κ1) is 23.9. The molecule has 3 atom stereocenters. The molecule has 4 rings (SSSR count). The van der Waals surface area contributed by atoms with Crippen LogP contribution in [0, 0.1) is 19.7 Å². The number of nitrogens with one attached hydrogen (secondary N) is 2. The molecule has 1 aliphatic heterocycles. The van der Waals surface area contributed by atoms with E-state index in [-0.39, 0.29) is 29.5 Å². The maximum atomic E-state index is 15.0. The molecule has 2 aromatic rings. The fourth-order valence-corrected chi connectivity index (χ4v) is 4.79. The van der Waals surface area contributed by atoms with E-state index in [9.17, 15) is 18.8 Å². The lowest BCUT2D eigenvalue weighted by atomic mass is 10.0. The molecule has 2 aliphatic rings. The number of rotatable bonds is 6. The van der Waals surface area contributed by atoms with E-state index in [1.807, 2.05) is 13.8 Å². The fraction of sp³-hybridized carbons (Fsp3) is 0.520. The van der Waals surface area contributed by atoms with E-state index in [1.165, 1.54) is 6.07 Å². The van der Waals surface area contributed by atoms with Gasteiger partial charge in [0.15, 0.2) is 0 Å². The van der Waals surface area contributed by atoms with E-state index in [1.54, 1.807) is 37.8 Å². The van der Waals surface area contributed by atoms with Gasteiger partial charge < -0.3 is 20.1 Å². The number of carbonyl (C=O) groups excluding carboxylic acids is 3. The van der Waals surface area contributed by atoms with Crippen LogP contribution in [0.1, 0.15) is 90.2 Å². The summed E-state index contributed by atoms with van der Waals surface area (Å²) in [5, 5.41) is 9.38. The third-order valence-electron chi connectivity index (χ3n) is 7.05. The van der Waals surface area contributed by atoms with Gasteiger partial charge in [-0.15, -0.1) is 0 Å². The van der Waals surface area contributed by atoms with Crippen molar-refractivity contribution < 1.29 is 23.3 Å². The highest BCUT2D eigenvalue weighted by molar-refractivity contribution is 6.01. The minimum Gasteiger partial charge on any atom is -0.361 e. The van der Waals surface area contributed by atoms with Gasteiger partial charge in [0, 0.05) is 23.2 Å². The summed E-state index contributed by atoms with van der Waals surface area (Å²) in [5.41, 5.74) is 0.315. The molecule has 2 heterocycles. The highest BCUT2D eigenvalue weighted by atomic mass is 19.1. The van der Waals surface area contributed by atoms with Gasteiger partial charge >= 0.3 is 0 Å². The summed E-state index contributed by atoms with van der Waals surface area (Å²) >= 11 is 0. The van der Waals surface area contributed by atoms with Gasteiger partial charge in [-0.3, -0.25) is 14.4 Å². The Labute approximate surface area is 198 Å². The van der Waals surface area contributed by atoms with Crippen LogP contribution < -0.4 is 10.6 Å². The van der Waals surface area contributed by atoms with Crippen LogP contribution in [0.5, 0.6) is 0 Å². The quantitative estimate of drug-likeness (QED) is 0.672. The summed E-state index contributed by atoms with van der Waals surface area (Å²) in [5.74, 6) is -1.15. The number of aryl methyl sites for hydroxylation is 2. The maximum absolute atomic E-state index is 15.0. The number of aromatic nitrogens is 1. The Balaban J connectivity index is 1.43. The lowest BCUT2D eigenvalue weighted by Crippen LogP contribution is -2.49. The molecule has 1 aromatic carbocycles. The van der Waals surface area contributed by atoms with Crippen LogP contribution in [-0.2, 0) is 4.79 Å². The summed E-state index contributed by atoms with van der Waals surface area (Å²) < 4.78 is 20.0. The van der Waals surface area contributed by atoms with Gasteiger partial charge in [0.2, 0.25) is 5.91 Å². The van der Waals surface area contributed by atoms with Crippen molar-refractivity contribution in [3.05, 3.63) is 52.2 Å². The second kappa shape index (κ2) is 8.85. The third kappa shape index (κ3) is 4.31. The molecule has 1 aromatic heterocycles. The first-order chi connectivity index (χ1) is 16.0. The number of hydrogen-bond donors (Lipinski definition) is 2. The van der Waals surface area contributed by atoms with Crippen LogP contribution >= 0.6 is 0 Å². The van der Waals surface area contributed by atoms with Crippen molar-refractivity contribution >= 4 is 17.7 Å². The zero-order valence-electron chi connectivity index (χ0n) is 20.2. The van der Waals surface area contributed by atoms with Crippen molar-refractivity contribution in [1.29, 1.82) is 0 Å². The van der Waals surface area contributed by atoms with Gasteiger partial charge in [-0.05, 0) is 72.4 Å². The monoisotopic (exact) mass is 470 g/mol. The molecule has 0 spiro atoms. The molecule has 2 fully saturated rings.